The number of phenolic OH excluding ortho intramolecular Hbond substituents is 1. The lowest BCUT2D eigenvalue weighted by molar-refractivity contribution is -0.121. The lowest BCUT2D eigenvalue weighted by Crippen LogP contribution is -2.53. The summed E-state index contributed by atoms with van der Waals surface area (Å²) in [6.07, 6.45) is 3.53. The molecule has 0 bridgehead atoms. The third-order valence-corrected chi connectivity index (χ3v) is 6.08. The Hall–Kier alpha value is -4.86. The van der Waals surface area contributed by atoms with Crippen LogP contribution in [0.1, 0.15) is 27.9 Å². The summed E-state index contributed by atoms with van der Waals surface area (Å²) in [7, 11) is 4.90. The molecule has 1 atom stereocenters. The molecule has 3 aromatic rings. The number of benzene rings is 2. The second-order valence-electron chi connectivity index (χ2n) is 8.73. The zero-order valence-corrected chi connectivity index (χ0v) is 21.2. The zero-order chi connectivity index (χ0) is 27.2. The van der Waals surface area contributed by atoms with Gasteiger partial charge in [0.25, 0.3) is 5.91 Å². The Kier molecular flexibility index (Phi) is 7.91. The van der Waals surface area contributed by atoms with Gasteiger partial charge < -0.3 is 24.8 Å². The van der Waals surface area contributed by atoms with E-state index in [0.717, 1.165) is 33.7 Å². The van der Waals surface area contributed by atoms with E-state index >= 15 is 0 Å². The first-order valence-corrected chi connectivity index (χ1v) is 11.8. The summed E-state index contributed by atoms with van der Waals surface area (Å²) in [4.78, 5) is 40.6. The minimum absolute atomic E-state index is 0.0777. The number of carbonyl (C=O) groups is 3. The Balaban J connectivity index is 0.000000216. The smallest absolute Gasteiger partial charge is 0.322 e. The van der Waals surface area contributed by atoms with E-state index in [9.17, 15) is 19.5 Å². The molecule has 2 aliphatic heterocycles. The molecular formula is C28H28N4O6. The molecule has 38 heavy (non-hydrogen) atoms. The molecule has 2 aliphatic rings. The predicted octanol–water partition coefficient (Wildman–Crippen LogP) is 3.32. The minimum atomic E-state index is -0.538. The van der Waals surface area contributed by atoms with Crippen LogP contribution < -0.4 is 15.4 Å². The van der Waals surface area contributed by atoms with Gasteiger partial charge >= 0.3 is 6.03 Å². The Bertz CT molecular complexity index is 1370. The van der Waals surface area contributed by atoms with Gasteiger partial charge in [0.2, 0.25) is 5.91 Å². The summed E-state index contributed by atoms with van der Waals surface area (Å²) in [6, 6.07) is 14.9. The number of aromatic hydroxyl groups is 1. The maximum absolute atomic E-state index is 11.5. The number of urea groups is 1. The number of imide groups is 1. The molecule has 0 aliphatic carbocycles. The molecule has 4 amide bonds. The quantitative estimate of drug-likeness (QED) is 0.444. The van der Waals surface area contributed by atoms with Gasteiger partial charge in [0.05, 0.1) is 32.4 Å². The van der Waals surface area contributed by atoms with E-state index < -0.39 is 12.1 Å². The molecule has 0 saturated carbocycles. The third kappa shape index (κ3) is 6.09. The number of ether oxygens (including phenoxy) is 2. The Morgan fingerprint density at radius 2 is 1.84 bits per heavy atom. The van der Waals surface area contributed by atoms with Gasteiger partial charge in [-0.2, -0.15) is 0 Å². The highest BCUT2D eigenvalue weighted by molar-refractivity contribution is 5.98. The highest BCUT2D eigenvalue weighted by atomic mass is 16.5. The van der Waals surface area contributed by atoms with Crippen LogP contribution in [0.2, 0.25) is 0 Å². The fourth-order valence-electron chi connectivity index (χ4n) is 4.13. The normalized spacial score (nSPS) is 16.6. The minimum Gasteiger partial charge on any atom is -0.508 e. The number of rotatable bonds is 5. The van der Waals surface area contributed by atoms with Crippen LogP contribution in [-0.4, -0.2) is 60.1 Å². The van der Waals surface area contributed by atoms with Gasteiger partial charge in [0.15, 0.2) is 0 Å². The Morgan fingerprint density at radius 1 is 1.08 bits per heavy atom. The first-order chi connectivity index (χ1) is 18.3. The largest absolute Gasteiger partial charge is 0.508 e. The molecule has 10 nitrogen and oxygen atoms in total. The van der Waals surface area contributed by atoms with Gasteiger partial charge in [0.1, 0.15) is 17.3 Å². The molecule has 1 fully saturated rings. The molecule has 5 rings (SSSR count). The molecule has 1 saturated heterocycles. The van der Waals surface area contributed by atoms with Crippen molar-refractivity contribution in [3.63, 3.8) is 0 Å². The van der Waals surface area contributed by atoms with Gasteiger partial charge in [0, 0.05) is 30.9 Å². The predicted molar refractivity (Wildman–Crippen MR) is 140 cm³/mol. The van der Waals surface area contributed by atoms with Crippen LogP contribution in [0, 0.1) is 0 Å². The number of nitrogens with one attached hydrogen (secondary N) is 2. The molecule has 196 valence electrons. The molecule has 2 aromatic carbocycles. The number of aromatic nitrogens is 1. The summed E-state index contributed by atoms with van der Waals surface area (Å²) in [5, 5.41) is 14.2. The zero-order valence-electron chi connectivity index (χ0n) is 21.2. The average molecular weight is 517 g/mol. The lowest BCUT2D eigenvalue weighted by Gasteiger charge is -2.24. The van der Waals surface area contributed by atoms with Crippen molar-refractivity contribution in [1.82, 2.24) is 20.5 Å². The topological polar surface area (TPSA) is 130 Å². The van der Waals surface area contributed by atoms with Crippen molar-refractivity contribution < 1.29 is 29.0 Å². The van der Waals surface area contributed by atoms with E-state index in [1.54, 1.807) is 67.7 Å². The van der Waals surface area contributed by atoms with Gasteiger partial charge in [-0.05, 0) is 65.7 Å². The van der Waals surface area contributed by atoms with Gasteiger partial charge in [-0.25, -0.2) is 4.79 Å². The van der Waals surface area contributed by atoms with Crippen LogP contribution in [0.4, 0.5) is 4.79 Å². The summed E-state index contributed by atoms with van der Waals surface area (Å²) in [6.45, 7) is 0.707. The number of phenols is 1. The van der Waals surface area contributed by atoms with Crippen LogP contribution in [0.5, 0.6) is 11.5 Å². The molecule has 0 radical (unpaired) electrons. The monoisotopic (exact) mass is 516 g/mol. The number of pyridine rings is 1. The van der Waals surface area contributed by atoms with Crippen LogP contribution in [0.15, 0.2) is 66.6 Å². The molecule has 1 aromatic heterocycles. The SMILES string of the molecule is CO/C(=C\c1ccnc(-c2ccc(O)cc2)c1)C1CC(=O)NC(=O)N1.COc1ccc2c(c1)C(=O)N(C)C2. The van der Waals surface area contributed by atoms with Crippen molar-refractivity contribution in [2.24, 2.45) is 0 Å². The first-order valence-electron chi connectivity index (χ1n) is 11.8. The fourth-order valence-corrected chi connectivity index (χ4v) is 4.13. The van der Waals surface area contributed by atoms with Crippen molar-refractivity contribution in [3.05, 3.63) is 83.2 Å². The third-order valence-electron chi connectivity index (χ3n) is 6.08. The highest BCUT2D eigenvalue weighted by Gasteiger charge is 2.27. The van der Waals surface area contributed by atoms with E-state index in [2.05, 4.69) is 15.6 Å². The number of nitrogens with zero attached hydrogens (tertiary/aromatic N) is 2. The number of hydrogen-bond acceptors (Lipinski definition) is 7. The van der Waals surface area contributed by atoms with Crippen molar-refractivity contribution >= 4 is 23.9 Å². The van der Waals surface area contributed by atoms with E-state index in [0.29, 0.717) is 12.3 Å². The second kappa shape index (κ2) is 11.5. The lowest BCUT2D eigenvalue weighted by atomic mass is 10.1. The summed E-state index contributed by atoms with van der Waals surface area (Å²) in [5.41, 5.74) is 4.25. The average Bonchev–Trinajstić information content (AvgIpc) is 3.20. The van der Waals surface area contributed by atoms with Crippen LogP contribution in [0.25, 0.3) is 17.3 Å². The van der Waals surface area contributed by atoms with Crippen LogP contribution in [-0.2, 0) is 16.1 Å². The maximum Gasteiger partial charge on any atom is 0.322 e. The van der Waals surface area contributed by atoms with E-state index in [1.165, 1.54) is 7.11 Å². The summed E-state index contributed by atoms with van der Waals surface area (Å²) < 4.78 is 10.4. The molecule has 3 N–H and O–H groups in total. The fraction of sp³-hybridized carbons (Fsp3) is 0.214. The van der Waals surface area contributed by atoms with Gasteiger partial charge in [-0.15, -0.1) is 0 Å². The van der Waals surface area contributed by atoms with Crippen LogP contribution >= 0.6 is 0 Å². The van der Waals surface area contributed by atoms with Crippen LogP contribution in [0.3, 0.4) is 0 Å². The first kappa shape index (κ1) is 26.2. The maximum atomic E-state index is 11.5. The number of methoxy groups -OCH3 is 2. The molecule has 0 spiro atoms. The van der Waals surface area contributed by atoms with Gasteiger partial charge in [-0.1, -0.05) is 6.07 Å². The van der Waals surface area contributed by atoms with E-state index in [4.69, 9.17) is 9.47 Å². The van der Waals surface area contributed by atoms with Crippen molar-refractivity contribution in [3.8, 4) is 22.8 Å². The van der Waals surface area contributed by atoms with Crippen molar-refractivity contribution in [1.29, 1.82) is 0 Å². The van der Waals surface area contributed by atoms with Crippen molar-refractivity contribution in [2.75, 3.05) is 21.3 Å². The molecular weight excluding hydrogens is 488 g/mol. The number of fused-ring (bicyclic) bond motifs is 1. The second-order valence-corrected chi connectivity index (χ2v) is 8.73. The number of amides is 4. The highest BCUT2D eigenvalue weighted by Crippen LogP contribution is 2.25. The van der Waals surface area contributed by atoms with E-state index in [1.807, 2.05) is 18.2 Å². The number of carbonyl (C=O) groups excluding carboxylic acids is 3. The summed E-state index contributed by atoms with van der Waals surface area (Å²) in [5.74, 6) is 1.13. The Labute approximate surface area is 219 Å². The molecule has 3 heterocycles. The molecule has 1 unspecified atom stereocenters. The van der Waals surface area contributed by atoms with Crippen molar-refractivity contribution in [2.45, 2.75) is 19.0 Å². The molecule has 10 heteroatoms. The number of hydrogen-bond donors (Lipinski definition) is 3. The summed E-state index contributed by atoms with van der Waals surface area (Å²) >= 11 is 0. The standard InChI is InChI=1S/C18H17N3O4.C10H11NO2/c1-25-16(15-10-17(23)21-18(24)20-15)9-11-6-7-19-14(8-11)12-2-4-13(22)5-3-12;1-11-6-7-3-4-8(13-2)5-9(7)10(11)12/h2-9,15,22H,10H2,1H3,(H2,20,21,23,24);3-5H,6H2,1-2H3/b16-9-;. The van der Waals surface area contributed by atoms with E-state index in [-0.39, 0.29) is 24.0 Å². The Morgan fingerprint density at radius 3 is 2.53 bits per heavy atom. The van der Waals surface area contributed by atoms with Gasteiger partial charge in [-0.3, -0.25) is 19.9 Å².